The first kappa shape index (κ1) is 13.5. The van der Waals surface area contributed by atoms with Crippen molar-refractivity contribution in [2.75, 3.05) is 13.1 Å². The molecular formula is C14H15FN2O2. The third kappa shape index (κ3) is 4.34. The average molecular weight is 262 g/mol. The van der Waals surface area contributed by atoms with E-state index in [1.54, 1.807) is 11.0 Å². The third-order valence-corrected chi connectivity index (χ3v) is 3.07. The summed E-state index contributed by atoms with van der Waals surface area (Å²) in [6.07, 6.45) is 2.26. The molecular weight excluding hydrogens is 247 g/mol. The van der Waals surface area contributed by atoms with Crippen molar-refractivity contribution < 1.29 is 14.3 Å². The van der Waals surface area contributed by atoms with Crippen LogP contribution in [0.1, 0.15) is 24.0 Å². The van der Waals surface area contributed by atoms with E-state index < -0.39 is 11.8 Å². The smallest absolute Gasteiger partial charge is 0.317 e. The van der Waals surface area contributed by atoms with Crippen LogP contribution in [0.5, 0.6) is 0 Å². The number of benzene rings is 1. The van der Waals surface area contributed by atoms with Crippen molar-refractivity contribution in [1.82, 2.24) is 4.90 Å². The van der Waals surface area contributed by atoms with Gasteiger partial charge in [-0.15, -0.1) is 0 Å². The highest BCUT2D eigenvalue weighted by molar-refractivity contribution is 5.69. The Hall–Kier alpha value is -1.93. The lowest BCUT2D eigenvalue weighted by Gasteiger charge is -2.20. The Kier molecular flexibility index (Phi) is 4.13. The van der Waals surface area contributed by atoms with Crippen LogP contribution in [-0.4, -0.2) is 29.1 Å². The van der Waals surface area contributed by atoms with Gasteiger partial charge in [-0.25, -0.2) is 4.39 Å². The zero-order valence-corrected chi connectivity index (χ0v) is 10.5. The second kappa shape index (κ2) is 5.81. The van der Waals surface area contributed by atoms with E-state index in [4.69, 9.17) is 10.4 Å². The van der Waals surface area contributed by atoms with Gasteiger partial charge in [0.2, 0.25) is 0 Å². The summed E-state index contributed by atoms with van der Waals surface area (Å²) in [6, 6.07) is 6.02. The lowest BCUT2D eigenvalue weighted by atomic mass is 10.1. The molecule has 5 heteroatoms. The molecule has 0 aromatic heterocycles. The number of nitriles is 1. The number of halogens is 1. The van der Waals surface area contributed by atoms with Gasteiger partial charge in [-0.3, -0.25) is 9.69 Å². The fourth-order valence-corrected chi connectivity index (χ4v) is 2.11. The molecule has 4 nitrogen and oxygen atoms in total. The molecule has 1 aromatic rings. The molecule has 0 spiro atoms. The van der Waals surface area contributed by atoms with Crippen LogP contribution in [0.25, 0.3) is 0 Å². The first-order valence-electron chi connectivity index (χ1n) is 6.20. The van der Waals surface area contributed by atoms with Crippen LogP contribution in [-0.2, 0) is 11.3 Å². The average Bonchev–Trinajstić information content (AvgIpc) is 3.11. The maximum atomic E-state index is 13.3. The Balaban J connectivity index is 2.08. The summed E-state index contributed by atoms with van der Waals surface area (Å²) in [6.45, 7) is 1.01. The van der Waals surface area contributed by atoms with Gasteiger partial charge in [0, 0.05) is 13.1 Å². The SMILES string of the molecule is N#Cc1cc(F)cc(CN(CC(=O)O)CC2CC2)c1. The highest BCUT2D eigenvalue weighted by atomic mass is 19.1. The van der Waals surface area contributed by atoms with E-state index in [9.17, 15) is 9.18 Å². The van der Waals surface area contributed by atoms with Gasteiger partial charge in [-0.2, -0.15) is 5.26 Å². The molecule has 0 amide bonds. The van der Waals surface area contributed by atoms with Crippen LogP contribution in [0, 0.1) is 23.1 Å². The van der Waals surface area contributed by atoms with Gasteiger partial charge in [-0.1, -0.05) is 0 Å². The maximum absolute atomic E-state index is 13.3. The summed E-state index contributed by atoms with van der Waals surface area (Å²) in [7, 11) is 0. The van der Waals surface area contributed by atoms with Gasteiger partial charge in [0.25, 0.3) is 0 Å². The van der Waals surface area contributed by atoms with Crippen molar-refractivity contribution in [1.29, 1.82) is 5.26 Å². The van der Waals surface area contributed by atoms with Crippen LogP contribution in [0.15, 0.2) is 18.2 Å². The molecule has 0 bridgehead atoms. The van der Waals surface area contributed by atoms with E-state index in [1.165, 1.54) is 12.1 Å². The highest BCUT2D eigenvalue weighted by Gasteiger charge is 2.25. The van der Waals surface area contributed by atoms with E-state index >= 15 is 0 Å². The van der Waals surface area contributed by atoms with Crippen LogP contribution < -0.4 is 0 Å². The van der Waals surface area contributed by atoms with Gasteiger partial charge in [-0.05, 0) is 42.5 Å². The molecule has 0 heterocycles. The van der Waals surface area contributed by atoms with Crippen LogP contribution in [0.2, 0.25) is 0 Å². The molecule has 0 aliphatic heterocycles. The number of carbonyl (C=O) groups is 1. The van der Waals surface area contributed by atoms with Gasteiger partial charge < -0.3 is 5.11 Å². The Bertz CT molecular complexity index is 521. The van der Waals surface area contributed by atoms with Crippen LogP contribution in [0.3, 0.4) is 0 Å². The van der Waals surface area contributed by atoms with Crippen LogP contribution in [0.4, 0.5) is 4.39 Å². The molecule has 0 atom stereocenters. The molecule has 1 aromatic carbocycles. The van der Waals surface area contributed by atoms with Gasteiger partial charge in [0.15, 0.2) is 0 Å². The number of carboxylic acid groups (broad SMARTS) is 1. The van der Waals surface area contributed by atoms with Crippen molar-refractivity contribution in [3.05, 3.63) is 35.1 Å². The Morgan fingerprint density at radius 1 is 1.47 bits per heavy atom. The van der Waals surface area contributed by atoms with Gasteiger partial charge in [0.05, 0.1) is 18.2 Å². The lowest BCUT2D eigenvalue weighted by molar-refractivity contribution is -0.138. The molecule has 19 heavy (non-hydrogen) atoms. The first-order valence-corrected chi connectivity index (χ1v) is 6.20. The summed E-state index contributed by atoms with van der Waals surface area (Å²) in [5.41, 5.74) is 0.898. The number of rotatable bonds is 6. The summed E-state index contributed by atoms with van der Waals surface area (Å²) in [5, 5.41) is 17.7. The largest absolute Gasteiger partial charge is 0.480 e. The van der Waals surface area contributed by atoms with Crippen molar-refractivity contribution in [2.24, 2.45) is 5.92 Å². The fourth-order valence-electron chi connectivity index (χ4n) is 2.11. The number of hydrogen-bond acceptors (Lipinski definition) is 3. The second-order valence-corrected chi connectivity index (χ2v) is 4.97. The molecule has 1 fully saturated rings. The molecule has 100 valence electrons. The quantitative estimate of drug-likeness (QED) is 0.851. The molecule has 1 saturated carbocycles. The van der Waals surface area contributed by atoms with E-state index in [1.807, 2.05) is 6.07 Å². The number of carboxylic acids is 1. The fraction of sp³-hybridized carbons (Fsp3) is 0.429. The maximum Gasteiger partial charge on any atom is 0.317 e. The van der Waals surface area contributed by atoms with E-state index in [2.05, 4.69) is 0 Å². The second-order valence-electron chi connectivity index (χ2n) is 4.97. The van der Waals surface area contributed by atoms with Crippen molar-refractivity contribution in [3.63, 3.8) is 0 Å². The minimum absolute atomic E-state index is 0.0606. The minimum Gasteiger partial charge on any atom is -0.480 e. The van der Waals surface area contributed by atoms with Crippen molar-refractivity contribution in [3.8, 4) is 6.07 Å². The zero-order valence-electron chi connectivity index (χ0n) is 10.5. The molecule has 2 rings (SSSR count). The predicted molar refractivity (Wildman–Crippen MR) is 66.8 cm³/mol. The van der Waals surface area contributed by atoms with Gasteiger partial charge >= 0.3 is 5.97 Å². The molecule has 1 aliphatic carbocycles. The highest BCUT2D eigenvalue weighted by Crippen LogP contribution is 2.30. The number of aliphatic carboxylic acids is 1. The molecule has 0 unspecified atom stereocenters. The van der Waals surface area contributed by atoms with E-state index in [0.29, 0.717) is 24.6 Å². The van der Waals surface area contributed by atoms with Gasteiger partial charge in [0.1, 0.15) is 5.82 Å². The van der Waals surface area contributed by atoms with Crippen molar-refractivity contribution >= 4 is 5.97 Å². The number of hydrogen-bond donors (Lipinski definition) is 1. The standard InChI is InChI=1S/C14H15FN2O2/c15-13-4-11(6-16)3-12(5-13)8-17(9-14(18)19)7-10-1-2-10/h3-5,10H,1-2,7-9H2,(H,18,19). The Morgan fingerprint density at radius 3 is 2.79 bits per heavy atom. The van der Waals surface area contributed by atoms with E-state index in [-0.39, 0.29) is 12.1 Å². The molecule has 0 radical (unpaired) electrons. The molecule has 1 aliphatic rings. The topological polar surface area (TPSA) is 64.3 Å². The molecule has 0 saturated heterocycles. The van der Waals surface area contributed by atoms with Crippen molar-refractivity contribution in [2.45, 2.75) is 19.4 Å². The number of nitrogens with zero attached hydrogens (tertiary/aromatic N) is 2. The normalized spacial score (nSPS) is 14.4. The minimum atomic E-state index is -0.891. The Morgan fingerprint density at radius 2 is 2.21 bits per heavy atom. The Labute approximate surface area is 111 Å². The van der Waals surface area contributed by atoms with Crippen LogP contribution >= 0.6 is 0 Å². The predicted octanol–water partition coefficient (Wildman–Crippen LogP) is 1.99. The lowest BCUT2D eigenvalue weighted by Crippen LogP contribution is -2.31. The summed E-state index contributed by atoms with van der Waals surface area (Å²) >= 11 is 0. The summed E-state index contributed by atoms with van der Waals surface area (Å²) in [4.78, 5) is 12.6. The summed E-state index contributed by atoms with van der Waals surface area (Å²) in [5.74, 6) is -0.795. The third-order valence-electron chi connectivity index (χ3n) is 3.07. The summed E-state index contributed by atoms with van der Waals surface area (Å²) < 4.78 is 13.3. The monoisotopic (exact) mass is 262 g/mol. The molecule has 1 N–H and O–H groups in total. The first-order chi connectivity index (χ1) is 9.06. The van der Waals surface area contributed by atoms with E-state index in [0.717, 1.165) is 12.8 Å². The zero-order chi connectivity index (χ0) is 13.8.